The van der Waals surface area contributed by atoms with Gasteiger partial charge in [-0.3, -0.25) is 4.79 Å². The molecule has 2 heterocycles. The largest absolute Gasteiger partial charge is 0.507 e. The zero-order valence-electron chi connectivity index (χ0n) is 19.7. The summed E-state index contributed by atoms with van der Waals surface area (Å²) in [5.41, 5.74) is 6.52. The number of methoxy groups -OCH3 is 1. The molecular formula is C27H29NO7. The predicted octanol–water partition coefficient (Wildman–Crippen LogP) is 2.93. The van der Waals surface area contributed by atoms with Crippen LogP contribution in [0.15, 0.2) is 51.7 Å². The topological polar surface area (TPSA) is 135 Å². The van der Waals surface area contributed by atoms with Crippen LogP contribution in [0.4, 0.5) is 5.69 Å². The van der Waals surface area contributed by atoms with Crippen molar-refractivity contribution < 1.29 is 29.2 Å². The Balaban J connectivity index is 1.54. The first-order valence-electron chi connectivity index (χ1n) is 11.6. The van der Waals surface area contributed by atoms with Gasteiger partial charge in [0.2, 0.25) is 0 Å². The van der Waals surface area contributed by atoms with Gasteiger partial charge in [-0.05, 0) is 30.5 Å². The highest BCUT2D eigenvalue weighted by atomic mass is 16.5. The molecule has 0 saturated carbocycles. The number of aliphatic hydroxyl groups excluding tert-OH is 1. The van der Waals surface area contributed by atoms with Crippen LogP contribution < -0.4 is 15.9 Å². The highest BCUT2D eigenvalue weighted by Crippen LogP contribution is 2.51. The fraction of sp³-hybridized carbons (Fsp3) is 0.370. The maximum Gasteiger partial charge on any atom is 0.196 e. The molecule has 0 bridgehead atoms. The quantitative estimate of drug-likeness (QED) is 0.324. The lowest BCUT2D eigenvalue weighted by molar-refractivity contribution is -0.117. The van der Waals surface area contributed by atoms with Crippen LogP contribution in [0.5, 0.6) is 11.5 Å². The van der Waals surface area contributed by atoms with Crippen molar-refractivity contribution >= 4 is 16.7 Å². The van der Waals surface area contributed by atoms with Crippen LogP contribution in [0.3, 0.4) is 0 Å². The number of allylic oxidation sites excluding steroid dienone is 1. The zero-order valence-corrected chi connectivity index (χ0v) is 19.7. The van der Waals surface area contributed by atoms with Crippen molar-refractivity contribution in [1.29, 1.82) is 0 Å². The standard InChI is InChI=1S/C27H29NO7/c1-26-12-17(15-3-4-20(28)16(9-15)6-8-33-2)5-7-27(26,32)13-19-22(35-26)11-23-24(25(19)31)21(30)10-18(14-29)34-23/h3-5,7,9-11,17,29,31-32H,6,8,12-14,28H2,1-2H3. The molecule has 8 nitrogen and oxygen atoms in total. The minimum atomic E-state index is -1.39. The lowest BCUT2D eigenvalue weighted by Gasteiger charge is -2.50. The van der Waals surface area contributed by atoms with Gasteiger partial charge in [0.1, 0.15) is 46.0 Å². The third-order valence-electron chi connectivity index (χ3n) is 7.35. The molecule has 3 atom stereocenters. The van der Waals surface area contributed by atoms with Crippen molar-refractivity contribution in [3.8, 4) is 11.5 Å². The molecule has 3 unspecified atom stereocenters. The van der Waals surface area contributed by atoms with Crippen molar-refractivity contribution in [2.45, 2.75) is 49.9 Å². The van der Waals surface area contributed by atoms with Crippen molar-refractivity contribution in [3.63, 3.8) is 0 Å². The maximum atomic E-state index is 12.5. The van der Waals surface area contributed by atoms with Gasteiger partial charge in [-0.2, -0.15) is 0 Å². The van der Waals surface area contributed by atoms with Crippen LogP contribution in [-0.4, -0.2) is 40.2 Å². The summed E-state index contributed by atoms with van der Waals surface area (Å²) in [4.78, 5) is 12.5. The number of phenols is 1. The van der Waals surface area contributed by atoms with E-state index < -0.39 is 23.2 Å². The second kappa shape index (κ2) is 8.41. The third-order valence-corrected chi connectivity index (χ3v) is 7.35. The van der Waals surface area contributed by atoms with Crippen LogP contribution in [0.2, 0.25) is 0 Å². The minimum Gasteiger partial charge on any atom is -0.507 e. The van der Waals surface area contributed by atoms with E-state index in [1.165, 1.54) is 0 Å². The van der Waals surface area contributed by atoms with Crippen molar-refractivity contribution in [2.75, 3.05) is 19.5 Å². The van der Waals surface area contributed by atoms with Crippen molar-refractivity contribution in [3.05, 3.63) is 75.2 Å². The average Bonchev–Trinajstić information content (AvgIpc) is 2.82. The lowest BCUT2D eigenvalue weighted by Crippen LogP contribution is -2.60. The van der Waals surface area contributed by atoms with E-state index >= 15 is 0 Å². The molecule has 2 aromatic carbocycles. The lowest BCUT2D eigenvalue weighted by atomic mass is 9.67. The monoisotopic (exact) mass is 479 g/mol. The number of hydrogen-bond donors (Lipinski definition) is 4. The molecule has 184 valence electrons. The summed E-state index contributed by atoms with van der Waals surface area (Å²) in [6.45, 7) is 1.97. The van der Waals surface area contributed by atoms with E-state index in [-0.39, 0.29) is 34.8 Å². The number of nitrogen functional groups attached to an aromatic ring is 1. The molecule has 0 radical (unpaired) electrons. The molecule has 5 rings (SSSR count). The van der Waals surface area contributed by atoms with E-state index in [0.717, 1.165) is 17.2 Å². The van der Waals surface area contributed by atoms with Crippen molar-refractivity contribution in [2.24, 2.45) is 0 Å². The summed E-state index contributed by atoms with van der Waals surface area (Å²) in [5.74, 6) is 0.126. The number of rotatable bonds is 5. The summed E-state index contributed by atoms with van der Waals surface area (Å²) in [7, 11) is 1.65. The van der Waals surface area contributed by atoms with E-state index in [9.17, 15) is 20.1 Å². The number of aromatic hydroxyl groups is 1. The first kappa shape index (κ1) is 23.4. The number of fused-ring (bicyclic) bond motifs is 3. The van der Waals surface area contributed by atoms with Gasteiger partial charge in [-0.1, -0.05) is 24.3 Å². The van der Waals surface area contributed by atoms with Gasteiger partial charge in [0.05, 0.1) is 6.61 Å². The molecule has 1 aliphatic heterocycles. The molecule has 1 aromatic heterocycles. The molecule has 1 aliphatic carbocycles. The highest BCUT2D eigenvalue weighted by Gasteiger charge is 2.54. The molecule has 8 heteroatoms. The van der Waals surface area contributed by atoms with Crippen LogP contribution in [0.1, 0.15) is 41.7 Å². The minimum absolute atomic E-state index is 0.000110. The summed E-state index contributed by atoms with van der Waals surface area (Å²) >= 11 is 0. The van der Waals surface area contributed by atoms with Gasteiger partial charge < -0.3 is 34.9 Å². The summed E-state index contributed by atoms with van der Waals surface area (Å²) in [6.07, 6.45) is 4.95. The van der Waals surface area contributed by atoms with E-state index in [0.29, 0.717) is 36.4 Å². The molecule has 0 spiro atoms. The Kier molecular flexibility index (Phi) is 5.62. The molecule has 35 heavy (non-hydrogen) atoms. The van der Waals surface area contributed by atoms with Gasteiger partial charge in [-0.25, -0.2) is 0 Å². The smallest absolute Gasteiger partial charge is 0.196 e. The average molecular weight is 480 g/mol. The molecule has 5 N–H and O–H groups in total. The summed E-state index contributed by atoms with van der Waals surface area (Å²) in [5, 5.41) is 32.0. The molecule has 0 amide bonds. The number of ether oxygens (including phenoxy) is 2. The van der Waals surface area contributed by atoms with Crippen LogP contribution in [0, 0.1) is 0 Å². The Hall–Kier alpha value is -3.33. The third kappa shape index (κ3) is 3.78. The summed E-state index contributed by atoms with van der Waals surface area (Å²) in [6, 6.07) is 8.64. The van der Waals surface area contributed by atoms with Crippen LogP contribution in [-0.2, 0) is 24.2 Å². The second-order valence-electron chi connectivity index (χ2n) is 9.61. The molecule has 3 aromatic rings. The number of aliphatic hydroxyl groups is 2. The summed E-state index contributed by atoms with van der Waals surface area (Å²) < 4.78 is 17.2. The van der Waals surface area contributed by atoms with Gasteiger partial charge in [0.15, 0.2) is 5.43 Å². The Labute approximate surface area is 202 Å². The molecular weight excluding hydrogens is 450 g/mol. The van der Waals surface area contributed by atoms with Crippen LogP contribution in [0.25, 0.3) is 11.0 Å². The zero-order chi connectivity index (χ0) is 25.0. The predicted molar refractivity (Wildman–Crippen MR) is 131 cm³/mol. The fourth-order valence-corrected chi connectivity index (χ4v) is 5.23. The van der Waals surface area contributed by atoms with E-state index in [2.05, 4.69) is 6.07 Å². The van der Waals surface area contributed by atoms with E-state index in [1.807, 2.05) is 25.1 Å². The fourth-order valence-electron chi connectivity index (χ4n) is 5.23. The van der Waals surface area contributed by atoms with Gasteiger partial charge in [-0.15, -0.1) is 0 Å². The maximum absolute atomic E-state index is 12.5. The number of nitrogens with two attached hydrogens (primary N) is 1. The Bertz CT molecular complexity index is 1390. The SMILES string of the molecule is COCCc1cc(C2C=CC3(O)Cc4c(cc5oc(CO)cc(=O)c5c4O)OC3(C)C2)ccc1N. The first-order valence-corrected chi connectivity index (χ1v) is 11.6. The Morgan fingerprint density at radius 1 is 1.26 bits per heavy atom. The highest BCUT2D eigenvalue weighted by molar-refractivity contribution is 5.87. The van der Waals surface area contributed by atoms with E-state index in [1.54, 1.807) is 19.3 Å². The van der Waals surface area contributed by atoms with Gasteiger partial charge in [0.25, 0.3) is 0 Å². The van der Waals surface area contributed by atoms with Crippen LogP contribution >= 0.6 is 0 Å². The first-order chi connectivity index (χ1) is 16.7. The molecule has 2 aliphatic rings. The Morgan fingerprint density at radius 2 is 2.06 bits per heavy atom. The Morgan fingerprint density at radius 3 is 2.80 bits per heavy atom. The van der Waals surface area contributed by atoms with Gasteiger partial charge in [0, 0.05) is 49.3 Å². The second-order valence-corrected chi connectivity index (χ2v) is 9.61. The normalized spacial score (nSPS) is 25.2. The van der Waals surface area contributed by atoms with Crippen molar-refractivity contribution in [1.82, 2.24) is 0 Å². The number of benzene rings is 2. The van der Waals surface area contributed by atoms with E-state index in [4.69, 9.17) is 19.6 Å². The number of hydrogen-bond acceptors (Lipinski definition) is 8. The molecule has 0 saturated heterocycles. The molecule has 0 fully saturated rings. The number of anilines is 1. The number of phenolic OH excluding ortho intramolecular Hbond substituents is 1. The van der Waals surface area contributed by atoms with Gasteiger partial charge >= 0.3 is 0 Å².